The molecule has 1 aliphatic carbocycles. The van der Waals surface area contributed by atoms with E-state index in [1.165, 1.54) is 18.9 Å². The van der Waals surface area contributed by atoms with Crippen LogP contribution in [0.3, 0.4) is 0 Å². The number of rotatable bonds is 7. The van der Waals surface area contributed by atoms with Gasteiger partial charge >= 0.3 is 0 Å². The molecule has 5 nitrogen and oxygen atoms in total. The van der Waals surface area contributed by atoms with Gasteiger partial charge in [0, 0.05) is 42.3 Å². The third-order valence-corrected chi connectivity index (χ3v) is 3.61. The Bertz CT molecular complexity index is 463. The third-order valence-electron chi connectivity index (χ3n) is 3.37. The molecule has 0 heterocycles. The summed E-state index contributed by atoms with van der Waals surface area (Å²) < 4.78 is 0. The fourth-order valence-electron chi connectivity index (χ4n) is 2.03. The van der Waals surface area contributed by atoms with Crippen molar-refractivity contribution in [3.05, 3.63) is 38.9 Å². The van der Waals surface area contributed by atoms with E-state index in [4.69, 9.17) is 11.6 Å². The monoisotopic (exact) mass is 283 g/mol. The SMILES string of the molecule is CN(CCNCc1ccc(Cl)cc1[N+](=O)[O-])C1CC1. The summed E-state index contributed by atoms with van der Waals surface area (Å²) in [7, 11) is 2.12. The van der Waals surface area contributed by atoms with Gasteiger partial charge in [0.2, 0.25) is 0 Å². The first-order chi connectivity index (χ1) is 9.08. The highest BCUT2D eigenvalue weighted by molar-refractivity contribution is 6.30. The molecule has 1 fully saturated rings. The molecule has 0 unspecified atom stereocenters. The summed E-state index contributed by atoms with van der Waals surface area (Å²) in [6.07, 6.45) is 2.58. The van der Waals surface area contributed by atoms with Crippen LogP contribution in [0.5, 0.6) is 0 Å². The van der Waals surface area contributed by atoms with Crippen molar-refractivity contribution in [2.75, 3.05) is 20.1 Å². The Balaban J connectivity index is 1.83. The van der Waals surface area contributed by atoms with E-state index in [0.717, 1.165) is 19.1 Å². The summed E-state index contributed by atoms with van der Waals surface area (Å²) >= 11 is 5.77. The zero-order valence-corrected chi connectivity index (χ0v) is 11.7. The first kappa shape index (κ1) is 14.2. The van der Waals surface area contributed by atoms with Gasteiger partial charge in [0.15, 0.2) is 0 Å². The van der Waals surface area contributed by atoms with Crippen LogP contribution in [0.25, 0.3) is 0 Å². The summed E-state index contributed by atoms with van der Waals surface area (Å²) in [6, 6.07) is 5.53. The highest BCUT2D eigenvalue weighted by atomic mass is 35.5. The minimum absolute atomic E-state index is 0.0792. The number of nitro benzene ring substituents is 1. The van der Waals surface area contributed by atoms with Crippen LogP contribution >= 0.6 is 11.6 Å². The van der Waals surface area contributed by atoms with E-state index in [9.17, 15) is 10.1 Å². The molecule has 1 aromatic rings. The van der Waals surface area contributed by atoms with E-state index in [1.807, 2.05) is 0 Å². The Labute approximate surface area is 117 Å². The second kappa shape index (κ2) is 6.32. The maximum absolute atomic E-state index is 10.9. The molecule has 1 aromatic carbocycles. The van der Waals surface area contributed by atoms with Crippen molar-refractivity contribution in [1.29, 1.82) is 0 Å². The van der Waals surface area contributed by atoms with Crippen molar-refractivity contribution in [2.24, 2.45) is 0 Å². The van der Waals surface area contributed by atoms with Gasteiger partial charge in [0.1, 0.15) is 0 Å². The van der Waals surface area contributed by atoms with Crippen LogP contribution in [0, 0.1) is 10.1 Å². The van der Waals surface area contributed by atoms with Gasteiger partial charge in [-0.05, 0) is 32.0 Å². The molecule has 0 radical (unpaired) electrons. The van der Waals surface area contributed by atoms with Gasteiger partial charge < -0.3 is 10.2 Å². The topological polar surface area (TPSA) is 58.4 Å². The van der Waals surface area contributed by atoms with Crippen LogP contribution in [0.15, 0.2) is 18.2 Å². The molecular formula is C13H18ClN3O2. The van der Waals surface area contributed by atoms with E-state index >= 15 is 0 Å². The van der Waals surface area contributed by atoms with Gasteiger partial charge in [-0.25, -0.2) is 0 Å². The molecule has 0 spiro atoms. The lowest BCUT2D eigenvalue weighted by Gasteiger charge is -2.15. The van der Waals surface area contributed by atoms with E-state index in [1.54, 1.807) is 12.1 Å². The number of hydrogen-bond donors (Lipinski definition) is 1. The second-order valence-corrected chi connectivity index (χ2v) is 5.36. The van der Waals surface area contributed by atoms with Crippen LogP contribution in [-0.2, 0) is 6.54 Å². The Morgan fingerprint density at radius 2 is 2.26 bits per heavy atom. The van der Waals surface area contributed by atoms with Crippen molar-refractivity contribution < 1.29 is 4.92 Å². The number of likely N-dealkylation sites (N-methyl/N-ethyl adjacent to an activating group) is 1. The van der Waals surface area contributed by atoms with Crippen LogP contribution in [0.4, 0.5) is 5.69 Å². The van der Waals surface area contributed by atoms with Crippen molar-refractivity contribution in [3.8, 4) is 0 Å². The summed E-state index contributed by atoms with van der Waals surface area (Å²) in [5, 5.41) is 14.6. The molecule has 0 aromatic heterocycles. The number of nitrogens with one attached hydrogen (secondary N) is 1. The van der Waals surface area contributed by atoms with Crippen LogP contribution in [-0.4, -0.2) is 36.0 Å². The maximum Gasteiger partial charge on any atom is 0.275 e. The summed E-state index contributed by atoms with van der Waals surface area (Å²) in [5.41, 5.74) is 0.749. The number of benzene rings is 1. The molecular weight excluding hydrogens is 266 g/mol. The van der Waals surface area contributed by atoms with Crippen LogP contribution in [0.2, 0.25) is 5.02 Å². The number of hydrogen-bond acceptors (Lipinski definition) is 4. The summed E-state index contributed by atoms with van der Waals surface area (Å²) in [6.45, 7) is 2.28. The fourth-order valence-corrected chi connectivity index (χ4v) is 2.20. The normalized spacial score (nSPS) is 14.9. The molecule has 104 valence electrons. The zero-order chi connectivity index (χ0) is 13.8. The Hall–Kier alpha value is -1.17. The number of nitro groups is 1. The minimum atomic E-state index is -0.390. The fraction of sp³-hybridized carbons (Fsp3) is 0.538. The lowest BCUT2D eigenvalue weighted by atomic mass is 10.2. The summed E-state index contributed by atoms with van der Waals surface area (Å²) in [4.78, 5) is 12.9. The van der Waals surface area contributed by atoms with Crippen molar-refractivity contribution in [3.63, 3.8) is 0 Å². The van der Waals surface area contributed by atoms with E-state index in [2.05, 4.69) is 17.3 Å². The molecule has 0 aliphatic heterocycles. The quantitative estimate of drug-likeness (QED) is 0.474. The average molecular weight is 284 g/mol. The third kappa shape index (κ3) is 4.16. The van der Waals surface area contributed by atoms with E-state index in [-0.39, 0.29) is 10.6 Å². The molecule has 2 rings (SSSR count). The molecule has 0 atom stereocenters. The Morgan fingerprint density at radius 3 is 2.89 bits per heavy atom. The van der Waals surface area contributed by atoms with E-state index < -0.39 is 0 Å². The number of nitrogens with zero attached hydrogens (tertiary/aromatic N) is 2. The Kier molecular flexibility index (Phi) is 4.74. The zero-order valence-electron chi connectivity index (χ0n) is 10.9. The highest BCUT2D eigenvalue weighted by Crippen LogP contribution is 2.25. The molecule has 1 aliphatic rings. The standard InChI is InChI=1S/C13H18ClN3O2/c1-16(12-4-5-12)7-6-15-9-10-2-3-11(14)8-13(10)17(18)19/h2-3,8,12,15H,4-7,9H2,1H3. The van der Waals surface area contributed by atoms with Gasteiger partial charge in [-0.3, -0.25) is 10.1 Å². The summed E-state index contributed by atoms with van der Waals surface area (Å²) in [5.74, 6) is 0. The van der Waals surface area contributed by atoms with Crippen LogP contribution < -0.4 is 5.32 Å². The molecule has 0 bridgehead atoms. The first-order valence-corrected chi connectivity index (χ1v) is 6.79. The molecule has 0 saturated heterocycles. The van der Waals surface area contributed by atoms with Crippen molar-refractivity contribution in [1.82, 2.24) is 10.2 Å². The molecule has 0 amide bonds. The highest BCUT2D eigenvalue weighted by Gasteiger charge is 2.25. The predicted molar refractivity (Wildman–Crippen MR) is 75.5 cm³/mol. The van der Waals surface area contributed by atoms with Gasteiger partial charge in [0.25, 0.3) is 5.69 Å². The van der Waals surface area contributed by atoms with Crippen molar-refractivity contribution in [2.45, 2.75) is 25.4 Å². The van der Waals surface area contributed by atoms with Gasteiger partial charge in [0.05, 0.1) is 4.92 Å². The number of halogens is 1. The maximum atomic E-state index is 10.9. The van der Waals surface area contributed by atoms with Gasteiger partial charge in [-0.15, -0.1) is 0 Å². The van der Waals surface area contributed by atoms with Crippen LogP contribution in [0.1, 0.15) is 18.4 Å². The largest absolute Gasteiger partial charge is 0.311 e. The Morgan fingerprint density at radius 1 is 1.53 bits per heavy atom. The average Bonchev–Trinajstić information content (AvgIpc) is 3.19. The molecule has 19 heavy (non-hydrogen) atoms. The minimum Gasteiger partial charge on any atom is -0.311 e. The predicted octanol–water partition coefficient (Wildman–Crippen LogP) is 2.43. The smallest absolute Gasteiger partial charge is 0.275 e. The van der Waals surface area contributed by atoms with E-state index in [0.29, 0.717) is 17.1 Å². The second-order valence-electron chi connectivity index (χ2n) is 4.92. The molecule has 1 N–H and O–H groups in total. The van der Waals surface area contributed by atoms with Gasteiger partial charge in [-0.1, -0.05) is 11.6 Å². The van der Waals surface area contributed by atoms with Gasteiger partial charge in [-0.2, -0.15) is 0 Å². The molecule has 1 saturated carbocycles. The lowest BCUT2D eigenvalue weighted by molar-refractivity contribution is -0.385. The van der Waals surface area contributed by atoms with Crippen molar-refractivity contribution >= 4 is 17.3 Å². The molecule has 6 heteroatoms. The lowest BCUT2D eigenvalue weighted by Crippen LogP contribution is -2.30. The first-order valence-electron chi connectivity index (χ1n) is 6.41.